The third-order valence-electron chi connectivity index (χ3n) is 4.18. The van der Waals surface area contributed by atoms with Crippen molar-refractivity contribution in [1.29, 1.82) is 0 Å². The molecule has 1 aromatic carbocycles. The van der Waals surface area contributed by atoms with E-state index in [9.17, 15) is 18.0 Å². The minimum Gasteiger partial charge on any atom is -0.481 e. The number of amides is 1. The van der Waals surface area contributed by atoms with Crippen molar-refractivity contribution in [2.45, 2.75) is 37.5 Å². The normalized spacial score (nSPS) is 15.2. The Hall–Kier alpha value is -1.93. The topological polar surface area (TPSA) is 95.0 Å². The predicted octanol–water partition coefficient (Wildman–Crippen LogP) is 1.80. The van der Waals surface area contributed by atoms with Gasteiger partial charge in [-0.1, -0.05) is 6.92 Å². The Labute approximate surface area is 148 Å². The van der Waals surface area contributed by atoms with E-state index in [1.165, 1.54) is 33.5 Å². The molecule has 7 nitrogen and oxygen atoms in total. The molecule has 0 atom stereocenters. The largest absolute Gasteiger partial charge is 0.481 e. The smallest absolute Gasteiger partial charge is 0.305 e. The number of carbonyl (C=O) groups excluding carboxylic acids is 1. The van der Waals surface area contributed by atoms with Crippen molar-refractivity contribution < 1.29 is 23.1 Å². The molecular weight excluding hydrogens is 344 g/mol. The number of hydrogen-bond donors (Lipinski definition) is 1. The Morgan fingerprint density at radius 3 is 2.24 bits per heavy atom. The Morgan fingerprint density at radius 1 is 1.12 bits per heavy atom. The zero-order valence-electron chi connectivity index (χ0n) is 14.3. The quantitative estimate of drug-likeness (QED) is 0.755. The molecule has 1 amide bonds. The van der Waals surface area contributed by atoms with Gasteiger partial charge in [-0.15, -0.1) is 0 Å². The fourth-order valence-electron chi connectivity index (χ4n) is 2.85. The molecular formula is C17H24N2O5S. The highest BCUT2D eigenvalue weighted by molar-refractivity contribution is 7.89. The van der Waals surface area contributed by atoms with Gasteiger partial charge in [0.1, 0.15) is 0 Å². The van der Waals surface area contributed by atoms with E-state index in [1.807, 2.05) is 6.92 Å². The fraction of sp³-hybridized carbons (Fsp3) is 0.529. The highest BCUT2D eigenvalue weighted by Crippen LogP contribution is 2.21. The first-order chi connectivity index (χ1) is 11.9. The van der Waals surface area contributed by atoms with E-state index in [0.717, 1.165) is 12.8 Å². The number of sulfonamides is 1. The molecule has 0 unspecified atom stereocenters. The number of aliphatic carboxylic acids is 1. The molecule has 25 heavy (non-hydrogen) atoms. The van der Waals surface area contributed by atoms with Gasteiger partial charge in [0.15, 0.2) is 0 Å². The van der Waals surface area contributed by atoms with Crippen molar-refractivity contribution in [2.24, 2.45) is 0 Å². The van der Waals surface area contributed by atoms with Crippen molar-refractivity contribution in [1.82, 2.24) is 9.21 Å². The van der Waals surface area contributed by atoms with E-state index >= 15 is 0 Å². The highest BCUT2D eigenvalue weighted by Gasteiger charge is 2.27. The lowest BCUT2D eigenvalue weighted by Crippen LogP contribution is -2.33. The van der Waals surface area contributed by atoms with Crippen LogP contribution in [0.25, 0.3) is 0 Å². The molecule has 0 spiro atoms. The maximum absolute atomic E-state index is 12.5. The van der Waals surface area contributed by atoms with E-state index in [0.29, 0.717) is 31.6 Å². The standard InChI is InChI=1S/C17H24N2O5S/c1-2-10-18(13-9-16(20)21)17(22)14-5-7-15(8-6-14)25(23,24)19-11-3-4-12-19/h5-8H,2-4,9-13H2,1H3,(H,20,21). The first kappa shape index (κ1) is 19.4. The summed E-state index contributed by atoms with van der Waals surface area (Å²) in [5.41, 5.74) is 0.360. The molecule has 1 aliphatic rings. The molecule has 1 aromatic rings. The number of carbonyl (C=O) groups is 2. The molecule has 8 heteroatoms. The molecule has 1 saturated heterocycles. The second-order valence-corrected chi connectivity index (χ2v) is 8.01. The van der Waals surface area contributed by atoms with Gasteiger partial charge in [0.05, 0.1) is 11.3 Å². The third kappa shape index (κ3) is 4.79. The van der Waals surface area contributed by atoms with Gasteiger partial charge in [-0.25, -0.2) is 8.42 Å². The van der Waals surface area contributed by atoms with Gasteiger partial charge in [0, 0.05) is 31.7 Å². The molecule has 2 rings (SSSR count). The van der Waals surface area contributed by atoms with Crippen LogP contribution >= 0.6 is 0 Å². The van der Waals surface area contributed by atoms with Crippen molar-refractivity contribution in [2.75, 3.05) is 26.2 Å². The Morgan fingerprint density at radius 2 is 1.72 bits per heavy atom. The maximum atomic E-state index is 12.5. The van der Waals surface area contributed by atoms with Gasteiger partial charge in [0.2, 0.25) is 10.0 Å². The minimum absolute atomic E-state index is 0.118. The Bertz CT molecular complexity index is 709. The second-order valence-electron chi connectivity index (χ2n) is 6.07. The first-order valence-corrected chi connectivity index (χ1v) is 9.91. The van der Waals surface area contributed by atoms with Gasteiger partial charge in [-0.05, 0) is 43.5 Å². The highest BCUT2D eigenvalue weighted by atomic mass is 32.2. The van der Waals surface area contributed by atoms with Gasteiger partial charge < -0.3 is 10.0 Å². The first-order valence-electron chi connectivity index (χ1n) is 8.47. The summed E-state index contributed by atoms with van der Waals surface area (Å²) in [5.74, 6) is -1.24. The number of nitrogens with zero attached hydrogens (tertiary/aromatic N) is 2. The van der Waals surface area contributed by atoms with E-state index in [4.69, 9.17) is 5.11 Å². The van der Waals surface area contributed by atoms with Crippen LogP contribution in [0.2, 0.25) is 0 Å². The van der Waals surface area contributed by atoms with Crippen LogP contribution in [0.4, 0.5) is 0 Å². The SMILES string of the molecule is CCCN(CCC(=O)O)C(=O)c1ccc(S(=O)(=O)N2CCCC2)cc1. The Kier molecular flexibility index (Phi) is 6.55. The summed E-state index contributed by atoms with van der Waals surface area (Å²) < 4.78 is 26.4. The van der Waals surface area contributed by atoms with Crippen LogP contribution in [-0.2, 0) is 14.8 Å². The zero-order valence-corrected chi connectivity index (χ0v) is 15.2. The van der Waals surface area contributed by atoms with Gasteiger partial charge >= 0.3 is 5.97 Å². The summed E-state index contributed by atoms with van der Waals surface area (Å²) in [6.07, 6.45) is 2.33. The summed E-state index contributed by atoms with van der Waals surface area (Å²) in [6.45, 7) is 3.56. The van der Waals surface area contributed by atoms with Gasteiger partial charge in [0.25, 0.3) is 5.91 Å². The van der Waals surface area contributed by atoms with E-state index < -0.39 is 16.0 Å². The van der Waals surface area contributed by atoms with E-state index in [2.05, 4.69) is 0 Å². The monoisotopic (exact) mass is 368 g/mol. The minimum atomic E-state index is -3.50. The lowest BCUT2D eigenvalue weighted by molar-refractivity contribution is -0.137. The van der Waals surface area contributed by atoms with E-state index in [-0.39, 0.29) is 23.8 Å². The molecule has 0 bridgehead atoms. The van der Waals surface area contributed by atoms with Crippen LogP contribution in [0.15, 0.2) is 29.2 Å². The van der Waals surface area contributed by atoms with Gasteiger partial charge in [-0.2, -0.15) is 4.31 Å². The number of hydrogen-bond acceptors (Lipinski definition) is 4. The summed E-state index contributed by atoms with van der Waals surface area (Å²) in [6, 6.07) is 5.88. The zero-order chi connectivity index (χ0) is 18.4. The molecule has 138 valence electrons. The average Bonchev–Trinajstić information content (AvgIpc) is 3.13. The van der Waals surface area contributed by atoms with Crippen LogP contribution in [0.5, 0.6) is 0 Å². The molecule has 1 fully saturated rings. The molecule has 0 aromatic heterocycles. The van der Waals surface area contributed by atoms with Gasteiger partial charge in [-0.3, -0.25) is 9.59 Å². The molecule has 0 saturated carbocycles. The van der Waals surface area contributed by atoms with Crippen LogP contribution in [0.1, 0.15) is 43.0 Å². The summed E-state index contributed by atoms with van der Waals surface area (Å²) in [5, 5.41) is 8.80. The summed E-state index contributed by atoms with van der Waals surface area (Å²) in [4.78, 5) is 24.9. The van der Waals surface area contributed by atoms with Crippen LogP contribution < -0.4 is 0 Å². The van der Waals surface area contributed by atoms with Crippen molar-refractivity contribution >= 4 is 21.9 Å². The molecule has 0 aliphatic carbocycles. The lowest BCUT2D eigenvalue weighted by atomic mass is 10.2. The summed E-state index contributed by atoms with van der Waals surface area (Å²) in [7, 11) is -3.50. The van der Waals surface area contributed by atoms with E-state index in [1.54, 1.807) is 0 Å². The molecule has 1 aliphatic heterocycles. The second kappa shape index (κ2) is 8.44. The number of rotatable bonds is 8. The number of carboxylic acid groups (broad SMARTS) is 1. The maximum Gasteiger partial charge on any atom is 0.305 e. The van der Waals surface area contributed by atoms with Crippen LogP contribution in [0, 0.1) is 0 Å². The van der Waals surface area contributed by atoms with Crippen molar-refractivity contribution in [3.8, 4) is 0 Å². The molecule has 1 heterocycles. The van der Waals surface area contributed by atoms with Crippen LogP contribution in [-0.4, -0.2) is 60.8 Å². The van der Waals surface area contributed by atoms with Crippen molar-refractivity contribution in [3.05, 3.63) is 29.8 Å². The lowest BCUT2D eigenvalue weighted by Gasteiger charge is -2.21. The average molecular weight is 368 g/mol. The fourth-order valence-corrected chi connectivity index (χ4v) is 4.36. The Balaban J connectivity index is 2.14. The number of benzene rings is 1. The molecule has 1 N–H and O–H groups in total. The molecule has 0 radical (unpaired) electrons. The van der Waals surface area contributed by atoms with Crippen molar-refractivity contribution in [3.63, 3.8) is 0 Å². The third-order valence-corrected chi connectivity index (χ3v) is 6.09. The van der Waals surface area contributed by atoms with Crippen LogP contribution in [0.3, 0.4) is 0 Å². The predicted molar refractivity (Wildman–Crippen MR) is 92.9 cm³/mol. The number of carboxylic acids is 1. The summed E-state index contributed by atoms with van der Waals surface area (Å²) >= 11 is 0.